The van der Waals surface area contributed by atoms with E-state index in [2.05, 4.69) is 24.3 Å². The molecule has 0 saturated carbocycles. The number of cyclic esters (lactones) is 1. The minimum absolute atomic E-state index is 0.0658. The molecule has 4 aromatic rings. The lowest BCUT2D eigenvalue weighted by molar-refractivity contribution is -0.136. The number of imide groups is 1. The normalized spacial score (nSPS) is 15.0. The van der Waals surface area contributed by atoms with Crippen LogP contribution in [0.5, 0.6) is 0 Å². The monoisotopic (exact) mass is 659 g/mol. The van der Waals surface area contributed by atoms with Gasteiger partial charge in [-0.3, -0.25) is 9.59 Å². The van der Waals surface area contributed by atoms with E-state index in [1.54, 1.807) is 6.92 Å². The van der Waals surface area contributed by atoms with E-state index in [0.29, 0.717) is 25.7 Å². The molecule has 0 radical (unpaired) electrons. The first kappa shape index (κ1) is 36.7. The largest absolute Gasteiger partial charge is 0.447 e. The summed E-state index contributed by atoms with van der Waals surface area (Å²) in [5.41, 5.74) is 6.60. The summed E-state index contributed by atoms with van der Waals surface area (Å²) in [5.74, 6) is -1.02. The molecule has 1 aliphatic heterocycles. The van der Waals surface area contributed by atoms with E-state index in [4.69, 9.17) is 4.74 Å². The molecule has 0 unspecified atom stereocenters. The van der Waals surface area contributed by atoms with E-state index < -0.39 is 12.0 Å². The molecular formula is C42H45NO6. The van der Waals surface area contributed by atoms with Crippen LogP contribution in [0, 0.1) is 11.8 Å². The number of ether oxygens (including phenoxy) is 1. The quantitative estimate of drug-likeness (QED) is 0.143. The summed E-state index contributed by atoms with van der Waals surface area (Å²) in [5, 5.41) is 0. The van der Waals surface area contributed by atoms with Crippen LogP contribution < -0.4 is 0 Å². The number of Topliss-reactive ketones (excluding diaryl/α,β-unsaturated/α-hetero) is 3. The van der Waals surface area contributed by atoms with Crippen LogP contribution in [-0.2, 0) is 36.8 Å². The highest BCUT2D eigenvalue weighted by Crippen LogP contribution is 2.25. The zero-order valence-electron chi connectivity index (χ0n) is 28.8. The van der Waals surface area contributed by atoms with Crippen molar-refractivity contribution in [2.75, 3.05) is 6.61 Å². The van der Waals surface area contributed by atoms with E-state index in [1.165, 1.54) is 24.3 Å². The average Bonchev–Trinajstić information content (AvgIpc) is 3.48. The van der Waals surface area contributed by atoms with Gasteiger partial charge in [0, 0.05) is 24.7 Å². The van der Waals surface area contributed by atoms with Crippen molar-refractivity contribution in [2.24, 2.45) is 11.8 Å². The van der Waals surface area contributed by atoms with Crippen molar-refractivity contribution in [1.82, 2.24) is 4.90 Å². The van der Waals surface area contributed by atoms with Gasteiger partial charge < -0.3 is 14.3 Å². The number of hydrogen-bond acceptors (Lipinski definition) is 6. The second-order valence-electron chi connectivity index (χ2n) is 12.7. The molecule has 1 heterocycles. The van der Waals surface area contributed by atoms with Crippen molar-refractivity contribution in [3.8, 4) is 22.3 Å². The molecule has 2 amide bonds. The minimum atomic E-state index is -0.607. The summed E-state index contributed by atoms with van der Waals surface area (Å²) in [6.07, 6.45) is 1.51. The number of carbonyl (C=O) groups is 5. The zero-order chi connectivity index (χ0) is 35.3. The van der Waals surface area contributed by atoms with Gasteiger partial charge in [0.05, 0.1) is 6.04 Å². The Morgan fingerprint density at radius 2 is 1.04 bits per heavy atom. The molecule has 0 aromatic heterocycles. The van der Waals surface area contributed by atoms with Crippen molar-refractivity contribution in [3.05, 3.63) is 120 Å². The van der Waals surface area contributed by atoms with E-state index in [0.717, 1.165) is 27.8 Å². The van der Waals surface area contributed by atoms with Crippen LogP contribution in [0.1, 0.15) is 58.1 Å². The van der Waals surface area contributed by atoms with Gasteiger partial charge in [0.2, 0.25) is 5.91 Å². The summed E-state index contributed by atoms with van der Waals surface area (Å²) in [4.78, 5) is 60.9. The van der Waals surface area contributed by atoms with Crippen molar-refractivity contribution < 1.29 is 28.7 Å². The number of hydrogen-bond donors (Lipinski definition) is 0. The van der Waals surface area contributed by atoms with Crippen LogP contribution in [0.4, 0.5) is 4.79 Å². The lowest BCUT2D eigenvalue weighted by Gasteiger charge is -2.24. The second-order valence-corrected chi connectivity index (χ2v) is 12.7. The average molecular weight is 660 g/mol. The number of nitrogens with zero attached hydrogens (tertiary/aromatic N) is 1. The lowest BCUT2D eigenvalue weighted by Crippen LogP contribution is -2.43. The van der Waals surface area contributed by atoms with Crippen LogP contribution in [0.25, 0.3) is 22.3 Å². The van der Waals surface area contributed by atoms with Gasteiger partial charge in [-0.1, -0.05) is 116 Å². The highest BCUT2D eigenvalue weighted by Gasteiger charge is 2.40. The summed E-state index contributed by atoms with van der Waals surface area (Å²) in [6, 6.07) is 36.1. The van der Waals surface area contributed by atoms with E-state index in [9.17, 15) is 24.0 Å². The van der Waals surface area contributed by atoms with Gasteiger partial charge >= 0.3 is 6.09 Å². The van der Waals surface area contributed by atoms with E-state index in [-0.39, 0.29) is 48.2 Å². The van der Waals surface area contributed by atoms with Crippen LogP contribution in [0.2, 0.25) is 0 Å². The summed E-state index contributed by atoms with van der Waals surface area (Å²) in [7, 11) is 0. The number of carbonyl (C=O) groups excluding carboxylic acids is 5. The third-order valence-electron chi connectivity index (χ3n) is 8.75. The molecule has 7 nitrogen and oxygen atoms in total. The molecule has 0 aliphatic carbocycles. The van der Waals surface area contributed by atoms with Gasteiger partial charge in [-0.2, -0.15) is 0 Å². The smallest absolute Gasteiger partial charge is 0.416 e. The third-order valence-corrected chi connectivity index (χ3v) is 8.75. The Balaban J connectivity index is 0.000000230. The summed E-state index contributed by atoms with van der Waals surface area (Å²) < 4.78 is 5.04. The Morgan fingerprint density at radius 1 is 0.633 bits per heavy atom. The van der Waals surface area contributed by atoms with Crippen LogP contribution in [0.3, 0.4) is 0 Å². The van der Waals surface area contributed by atoms with Crippen LogP contribution in [0.15, 0.2) is 109 Å². The minimum Gasteiger partial charge on any atom is -0.447 e. The Morgan fingerprint density at radius 3 is 1.45 bits per heavy atom. The predicted octanol–water partition coefficient (Wildman–Crippen LogP) is 8.33. The molecule has 5 rings (SSSR count). The van der Waals surface area contributed by atoms with Gasteiger partial charge in [-0.25, -0.2) is 9.69 Å². The van der Waals surface area contributed by atoms with Gasteiger partial charge in [-0.05, 0) is 73.4 Å². The molecule has 49 heavy (non-hydrogen) atoms. The van der Waals surface area contributed by atoms with Gasteiger partial charge in [0.25, 0.3) is 0 Å². The molecule has 1 fully saturated rings. The number of rotatable bonds is 13. The Hall–Kier alpha value is -5.17. The van der Waals surface area contributed by atoms with Gasteiger partial charge in [-0.15, -0.1) is 0 Å². The third kappa shape index (κ3) is 10.7. The van der Waals surface area contributed by atoms with Gasteiger partial charge in [0.1, 0.15) is 24.0 Å². The molecule has 1 aliphatic rings. The number of amides is 2. The Labute approximate surface area is 289 Å². The van der Waals surface area contributed by atoms with Crippen molar-refractivity contribution in [1.29, 1.82) is 0 Å². The van der Waals surface area contributed by atoms with Crippen molar-refractivity contribution in [3.63, 3.8) is 0 Å². The molecule has 3 atom stereocenters. The van der Waals surface area contributed by atoms with Crippen molar-refractivity contribution >= 4 is 29.4 Å². The van der Waals surface area contributed by atoms with E-state index in [1.807, 2.05) is 91.9 Å². The molecule has 4 aromatic carbocycles. The Kier molecular flexibility index (Phi) is 13.3. The summed E-state index contributed by atoms with van der Waals surface area (Å²) >= 11 is 0. The molecule has 7 heteroatoms. The fraction of sp³-hybridized carbons (Fsp3) is 0.310. The number of benzene rings is 4. The van der Waals surface area contributed by atoms with E-state index >= 15 is 0 Å². The maximum absolute atomic E-state index is 13.0. The molecule has 0 N–H and O–H groups in total. The fourth-order valence-corrected chi connectivity index (χ4v) is 6.02. The zero-order valence-corrected chi connectivity index (χ0v) is 28.8. The number of ketones is 3. The molecule has 0 bridgehead atoms. The molecular weight excluding hydrogens is 614 g/mol. The standard InChI is InChI=1S/C23H25NO4.C19H20O2/c1-3-21-15-28-23(27)24(21)22(26)20(13-16(2)25)14-17-9-11-19(12-10-17)18-7-5-4-6-8-18;1-14(20)12-19(15(2)21)13-16-8-10-18(11-9-16)17-6-4-3-5-7-17/h4-12,20-21H,3,13-15H2,1-2H3;3-11,19H,12-13H2,1-2H3/t20-,21-;19-/m11/s1. The fourth-order valence-electron chi connectivity index (χ4n) is 6.02. The highest BCUT2D eigenvalue weighted by atomic mass is 16.6. The van der Waals surface area contributed by atoms with Crippen LogP contribution in [-0.4, -0.2) is 46.9 Å². The SMILES string of the molecule is CC(=O)C[C@H](Cc1ccc(-c2ccccc2)cc1)C(C)=O.CC[C@@H]1COC(=O)N1C(=O)[C@H](CC(C)=O)Cc1ccc(-c2ccccc2)cc1. The highest BCUT2D eigenvalue weighted by molar-refractivity contribution is 5.96. The summed E-state index contributed by atoms with van der Waals surface area (Å²) in [6.45, 7) is 6.70. The molecule has 1 saturated heterocycles. The first-order chi connectivity index (χ1) is 23.5. The predicted molar refractivity (Wildman–Crippen MR) is 192 cm³/mol. The first-order valence-electron chi connectivity index (χ1n) is 16.8. The van der Waals surface area contributed by atoms with Gasteiger partial charge in [0.15, 0.2) is 0 Å². The second kappa shape index (κ2) is 17.8. The van der Waals surface area contributed by atoms with Crippen molar-refractivity contribution in [2.45, 2.75) is 65.8 Å². The maximum Gasteiger partial charge on any atom is 0.416 e. The molecule has 0 spiro atoms. The lowest BCUT2D eigenvalue weighted by atomic mass is 9.91. The molecule has 254 valence electrons. The van der Waals surface area contributed by atoms with Crippen LogP contribution >= 0.6 is 0 Å². The maximum atomic E-state index is 13.0. The first-order valence-corrected chi connectivity index (χ1v) is 16.8. The Bertz CT molecular complexity index is 1710. The topological polar surface area (TPSA) is 97.8 Å².